The molecule has 3 amide bonds. The van der Waals surface area contributed by atoms with Crippen LogP contribution in [0.2, 0.25) is 0 Å². The molecule has 1 fully saturated rings. The molecule has 0 aliphatic carbocycles. The molecule has 1 aromatic heterocycles. The van der Waals surface area contributed by atoms with Crippen molar-refractivity contribution >= 4 is 58.2 Å². The first kappa shape index (κ1) is 29.4. The highest BCUT2D eigenvalue weighted by Crippen LogP contribution is 2.54. The number of nitrogens with zero attached hydrogens (tertiary/aromatic N) is 1. The number of benzene rings is 3. The number of H-pyrrole nitrogens is 1. The van der Waals surface area contributed by atoms with Crippen molar-refractivity contribution in [1.29, 1.82) is 0 Å². The number of amides is 3. The number of rotatable bonds is 8. The number of fused-ring (bicyclic) bond motifs is 2. The molecule has 12 heteroatoms. The maximum absolute atomic E-state index is 14.1. The predicted octanol–water partition coefficient (Wildman–Crippen LogP) is 4.73. The molecule has 44 heavy (non-hydrogen) atoms. The van der Waals surface area contributed by atoms with E-state index in [-0.39, 0.29) is 24.0 Å². The van der Waals surface area contributed by atoms with Crippen LogP contribution in [0.15, 0.2) is 82.6 Å². The fraction of sp³-hybridized carbons (Fsp3) is 0.219. The number of para-hydroxylation sites is 1. The monoisotopic (exact) mass is 629 g/mol. The lowest BCUT2D eigenvalue weighted by atomic mass is 9.82. The summed E-state index contributed by atoms with van der Waals surface area (Å²) in [6.07, 6.45) is 0. The standard InChI is InChI=1S/C32H27N3O7S2/c1-3-41-31(39)18-10-14-20(15-11-18)35-29(37)25-24(26-28(34-32(40)44-26)43-27(25)30(35)38)21-6-4-5-7-22(21)42-16-23(36)33-19-12-8-17(2)9-13-19/h4-15,24-25,27H,3,16H2,1-2H3,(H,33,36)(H,34,40)/t24-,25-,27+/m0/s1. The first-order valence-electron chi connectivity index (χ1n) is 13.9. The maximum atomic E-state index is 14.1. The fourth-order valence-corrected chi connectivity index (χ4v) is 7.92. The van der Waals surface area contributed by atoms with Gasteiger partial charge < -0.3 is 19.8 Å². The van der Waals surface area contributed by atoms with Crippen LogP contribution in [0.25, 0.3) is 0 Å². The van der Waals surface area contributed by atoms with E-state index in [1.54, 1.807) is 55.5 Å². The summed E-state index contributed by atoms with van der Waals surface area (Å²) < 4.78 is 11.0. The Bertz CT molecular complexity index is 1810. The van der Waals surface area contributed by atoms with Gasteiger partial charge in [0.15, 0.2) is 6.61 Å². The normalized spacial score (nSPS) is 18.9. The minimum absolute atomic E-state index is 0.223. The van der Waals surface area contributed by atoms with Gasteiger partial charge in [0.25, 0.3) is 5.91 Å². The molecule has 0 saturated carbocycles. The minimum atomic E-state index is -0.845. The minimum Gasteiger partial charge on any atom is -0.483 e. The predicted molar refractivity (Wildman–Crippen MR) is 167 cm³/mol. The van der Waals surface area contributed by atoms with Crippen LogP contribution in [0.5, 0.6) is 5.75 Å². The molecule has 6 rings (SSSR count). The van der Waals surface area contributed by atoms with Gasteiger partial charge >= 0.3 is 10.8 Å². The zero-order valence-corrected chi connectivity index (χ0v) is 25.3. The van der Waals surface area contributed by atoms with E-state index in [0.717, 1.165) is 33.6 Å². The molecule has 2 N–H and O–H groups in total. The summed E-state index contributed by atoms with van der Waals surface area (Å²) in [6.45, 7) is 3.60. The smallest absolute Gasteiger partial charge is 0.338 e. The highest BCUT2D eigenvalue weighted by atomic mass is 32.2. The molecule has 4 aromatic rings. The molecule has 0 radical (unpaired) electrons. The van der Waals surface area contributed by atoms with E-state index in [2.05, 4.69) is 10.3 Å². The van der Waals surface area contributed by atoms with Crippen LogP contribution >= 0.6 is 23.1 Å². The number of anilines is 2. The second-order valence-corrected chi connectivity index (χ2v) is 12.4. The number of thiazole rings is 1. The van der Waals surface area contributed by atoms with Crippen LogP contribution in [0.3, 0.4) is 0 Å². The summed E-state index contributed by atoms with van der Waals surface area (Å²) in [5.74, 6) is -2.88. The zero-order valence-electron chi connectivity index (χ0n) is 23.7. The van der Waals surface area contributed by atoms with Crippen molar-refractivity contribution in [3.8, 4) is 5.75 Å². The van der Waals surface area contributed by atoms with Gasteiger partial charge in [-0.2, -0.15) is 0 Å². The van der Waals surface area contributed by atoms with Gasteiger partial charge in [-0.15, -0.1) is 0 Å². The second kappa shape index (κ2) is 12.1. The third-order valence-corrected chi connectivity index (χ3v) is 9.81. The van der Waals surface area contributed by atoms with E-state index in [0.29, 0.717) is 38.2 Å². The van der Waals surface area contributed by atoms with Crippen molar-refractivity contribution in [1.82, 2.24) is 4.98 Å². The average molecular weight is 630 g/mol. The van der Waals surface area contributed by atoms with Gasteiger partial charge in [-0.3, -0.25) is 19.2 Å². The van der Waals surface area contributed by atoms with Crippen molar-refractivity contribution < 1.29 is 28.7 Å². The van der Waals surface area contributed by atoms with Gasteiger partial charge in [0.05, 0.1) is 28.8 Å². The Morgan fingerprint density at radius 3 is 2.41 bits per heavy atom. The zero-order chi connectivity index (χ0) is 31.0. The van der Waals surface area contributed by atoms with Gasteiger partial charge in [0.1, 0.15) is 11.0 Å². The van der Waals surface area contributed by atoms with E-state index in [1.165, 1.54) is 12.1 Å². The van der Waals surface area contributed by atoms with Crippen molar-refractivity contribution in [3.63, 3.8) is 0 Å². The number of aromatic amines is 1. The Kier molecular flexibility index (Phi) is 8.11. The van der Waals surface area contributed by atoms with Crippen molar-refractivity contribution in [2.45, 2.75) is 30.0 Å². The van der Waals surface area contributed by atoms with Crippen molar-refractivity contribution in [3.05, 3.63) is 104 Å². The van der Waals surface area contributed by atoms with Crippen LogP contribution in [0.1, 0.15) is 39.2 Å². The van der Waals surface area contributed by atoms with Gasteiger partial charge in [0.2, 0.25) is 11.8 Å². The first-order valence-corrected chi connectivity index (χ1v) is 15.6. The van der Waals surface area contributed by atoms with E-state index in [1.807, 2.05) is 19.1 Å². The number of nitrogens with one attached hydrogen (secondary N) is 2. The quantitative estimate of drug-likeness (QED) is 0.211. The lowest BCUT2D eigenvalue weighted by Gasteiger charge is -2.30. The van der Waals surface area contributed by atoms with Gasteiger partial charge in [-0.05, 0) is 56.3 Å². The SMILES string of the molecule is CCOC(=O)c1ccc(N2C(=O)[C@H]3[C@H](c4ccccc4OCC(=O)Nc4ccc(C)cc4)c4sc(=O)[nH]c4S[C@H]3C2=O)cc1. The van der Waals surface area contributed by atoms with Gasteiger partial charge in [0, 0.05) is 22.0 Å². The number of thioether (sulfide) groups is 1. The van der Waals surface area contributed by atoms with Crippen molar-refractivity contribution in [2.24, 2.45) is 5.92 Å². The molecule has 10 nitrogen and oxygen atoms in total. The van der Waals surface area contributed by atoms with Crippen LogP contribution in [-0.4, -0.2) is 47.1 Å². The second-order valence-electron chi connectivity index (χ2n) is 10.3. The Labute approximate surface area is 260 Å². The first-order chi connectivity index (χ1) is 21.2. The Hall–Kier alpha value is -4.68. The molecule has 3 aromatic carbocycles. The van der Waals surface area contributed by atoms with Gasteiger partial charge in [-0.1, -0.05) is 59.0 Å². The van der Waals surface area contributed by atoms with Crippen LogP contribution in [-0.2, 0) is 19.1 Å². The van der Waals surface area contributed by atoms with E-state index in [4.69, 9.17) is 9.47 Å². The summed E-state index contributed by atoms with van der Waals surface area (Å²) in [5.41, 5.74) is 2.92. The molecule has 0 unspecified atom stereocenters. The van der Waals surface area contributed by atoms with E-state index in [9.17, 15) is 24.0 Å². The highest BCUT2D eigenvalue weighted by molar-refractivity contribution is 8.00. The highest BCUT2D eigenvalue weighted by Gasteiger charge is 2.56. The largest absolute Gasteiger partial charge is 0.483 e. The summed E-state index contributed by atoms with van der Waals surface area (Å²) in [7, 11) is 0. The summed E-state index contributed by atoms with van der Waals surface area (Å²) >= 11 is 2.15. The van der Waals surface area contributed by atoms with E-state index < -0.39 is 34.9 Å². The summed E-state index contributed by atoms with van der Waals surface area (Å²) in [4.78, 5) is 69.5. The topological polar surface area (TPSA) is 135 Å². The summed E-state index contributed by atoms with van der Waals surface area (Å²) in [5, 5.41) is 2.52. The van der Waals surface area contributed by atoms with E-state index >= 15 is 0 Å². The molecule has 2 aliphatic heterocycles. The molecule has 3 heterocycles. The lowest BCUT2D eigenvalue weighted by molar-refractivity contribution is -0.122. The molecule has 3 atom stereocenters. The molecule has 2 aliphatic rings. The number of carbonyl (C=O) groups excluding carboxylic acids is 4. The Morgan fingerprint density at radius 2 is 1.68 bits per heavy atom. The molecular weight excluding hydrogens is 603 g/mol. The third kappa shape index (κ3) is 5.53. The van der Waals surface area contributed by atoms with Crippen LogP contribution in [0.4, 0.5) is 11.4 Å². The van der Waals surface area contributed by atoms with Gasteiger partial charge in [-0.25, -0.2) is 9.69 Å². The number of imide groups is 1. The molecule has 0 bridgehead atoms. The number of aryl methyl sites for hydroxylation is 1. The van der Waals surface area contributed by atoms with Crippen LogP contribution < -0.4 is 19.8 Å². The maximum Gasteiger partial charge on any atom is 0.338 e. The number of hydrogen-bond donors (Lipinski definition) is 2. The number of aromatic nitrogens is 1. The lowest BCUT2D eigenvalue weighted by Crippen LogP contribution is -2.32. The summed E-state index contributed by atoms with van der Waals surface area (Å²) in [6, 6.07) is 20.5. The molecular formula is C32H27N3O7S2. The third-order valence-electron chi connectivity index (χ3n) is 7.41. The molecule has 0 spiro atoms. The number of ether oxygens (including phenoxy) is 2. The fourth-order valence-electron chi connectivity index (χ4n) is 5.41. The number of carbonyl (C=O) groups is 4. The number of hydrogen-bond acceptors (Lipinski definition) is 9. The molecule has 224 valence electrons. The Balaban J connectivity index is 1.31. The van der Waals surface area contributed by atoms with Crippen molar-refractivity contribution in [2.75, 3.05) is 23.4 Å². The number of esters is 1. The van der Waals surface area contributed by atoms with Crippen LogP contribution in [0, 0.1) is 12.8 Å². The Morgan fingerprint density at radius 1 is 0.955 bits per heavy atom. The average Bonchev–Trinajstić information content (AvgIpc) is 3.51. The molecule has 1 saturated heterocycles.